The van der Waals surface area contributed by atoms with Gasteiger partial charge in [-0.3, -0.25) is 4.79 Å². The number of halogens is 1. The number of rotatable bonds is 6. The van der Waals surface area contributed by atoms with Crippen LogP contribution in [-0.2, 0) is 0 Å². The molecule has 0 atom stereocenters. The Balaban J connectivity index is 0.00000289. The maximum atomic E-state index is 13.3. The molecule has 1 fully saturated rings. The Morgan fingerprint density at radius 3 is 2.59 bits per heavy atom. The molecule has 32 heavy (non-hydrogen) atoms. The highest BCUT2D eigenvalue weighted by atomic mass is 35.5. The van der Waals surface area contributed by atoms with E-state index in [2.05, 4.69) is 34.8 Å². The number of ether oxygens (including phenoxy) is 2. The lowest BCUT2D eigenvalue weighted by atomic mass is 9.91. The summed E-state index contributed by atoms with van der Waals surface area (Å²) >= 11 is 0. The summed E-state index contributed by atoms with van der Waals surface area (Å²) in [7, 11) is 3.17. The molecule has 0 radical (unpaired) electrons. The van der Waals surface area contributed by atoms with E-state index in [0.29, 0.717) is 22.7 Å². The van der Waals surface area contributed by atoms with Gasteiger partial charge in [-0.2, -0.15) is 5.10 Å². The van der Waals surface area contributed by atoms with Crippen molar-refractivity contribution in [3.05, 3.63) is 65.5 Å². The van der Waals surface area contributed by atoms with Crippen LogP contribution in [0.4, 0.5) is 5.69 Å². The lowest BCUT2D eigenvalue weighted by Gasteiger charge is -2.25. The minimum Gasteiger partial charge on any atom is -0.497 e. The maximum absolute atomic E-state index is 13.3. The van der Waals surface area contributed by atoms with Crippen molar-refractivity contribution in [2.24, 2.45) is 0 Å². The van der Waals surface area contributed by atoms with Gasteiger partial charge in [-0.05, 0) is 62.7 Å². The smallest absolute Gasteiger partial charge is 0.259 e. The molecular formula is C24H29ClN4O3. The summed E-state index contributed by atoms with van der Waals surface area (Å²) in [5.74, 6) is 1.26. The van der Waals surface area contributed by atoms with Crippen LogP contribution in [0.5, 0.6) is 11.5 Å². The van der Waals surface area contributed by atoms with E-state index in [4.69, 9.17) is 9.47 Å². The summed E-state index contributed by atoms with van der Waals surface area (Å²) in [5, 5.41) is 11.0. The number of anilines is 1. The minimum absolute atomic E-state index is 0. The van der Waals surface area contributed by atoms with Gasteiger partial charge in [-0.15, -0.1) is 12.4 Å². The van der Waals surface area contributed by atoms with Crippen LogP contribution in [0.3, 0.4) is 0 Å². The number of nitrogens with one attached hydrogen (secondary N) is 2. The highest BCUT2D eigenvalue weighted by Crippen LogP contribution is 2.33. The molecule has 4 rings (SSSR count). The van der Waals surface area contributed by atoms with Crippen LogP contribution in [0.15, 0.2) is 48.7 Å². The molecule has 1 amide bonds. The summed E-state index contributed by atoms with van der Waals surface area (Å²) < 4.78 is 12.6. The fraction of sp³-hybridized carbons (Fsp3) is 0.333. The molecule has 1 aromatic heterocycles. The van der Waals surface area contributed by atoms with E-state index in [1.165, 1.54) is 0 Å². The number of hydrogen-bond acceptors (Lipinski definition) is 5. The second-order valence-electron chi connectivity index (χ2n) is 7.74. The first-order valence-electron chi connectivity index (χ1n) is 10.5. The third-order valence-electron chi connectivity index (χ3n) is 5.68. The van der Waals surface area contributed by atoms with Crippen molar-refractivity contribution in [2.45, 2.75) is 25.7 Å². The Hall–Kier alpha value is -3.03. The van der Waals surface area contributed by atoms with Gasteiger partial charge in [0.2, 0.25) is 0 Å². The van der Waals surface area contributed by atoms with E-state index in [-0.39, 0.29) is 24.2 Å². The van der Waals surface area contributed by atoms with Gasteiger partial charge in [0.25, 0.3) is 5.91 Å². The van der Waals surface area contributed by atoms with Gasteiger partial charge in [0.05, 0.1) is 43.0 Å². The number of aryl methyl sites for hydroxylation is 1. The monoisotopic (exact) mass is 456 g/mol. The van der Waals surface area contributed by atoms with Gasteiger partial charge in [0.15, 0.2) is 0 Å². The Morgan fingerprint density at radius 2 is 1.91 bits per heavy atom. The molecule has 0 bridgehead atoms. The summed E-state index contributed by atoms with van der Waals surface area (Å²) in [6.45, 7) is 3.91. The molecule has 0 spiro atoms. The minimum atomic E-state index is -0.198. The number of piperidine rings is 1. The molecule has 0 aliphatic carbocycles. The van der Waals surface area contributed by atoms with Crippen molar-refractivity contribution < 1.29 is 14.3 Å². The predicted molar refractivity (Wildman–Crippen MR) is 128 cm³/mol. The van der Waals surface area contributed by atoms with E-state index in [9.17, 15) is 4.79 Å². The summed E-state index contributed by atoms with van der Waals surface area (Å²) in [4.78, 5) is 13.3. The van der Waals surface area contributed by atoms with Crippen molar-refractivity contribution in [1.29, 1.82) is 0 Å². The molecule has 8 heteroatoms. The van der Waals surface area contributed by atoms with Gasteiger partial charge in [-0.25, -0.2) is 4.68 Å². The maximum Gasteiger partial charge on any atom is 0.259 e. The molecule has 7 nitrogen and oxygen atoms in total. The van der Waals surface area contributed by atoms with E-state index >= 15 is 0 Å². The van der Waals surface area contributed by atoms with Crippen molar-refractivity contribution >= 4 is 24.0 Å². The zero-order valence-electron chi connectivity index (χ0n) is 18.6. The number of benzene rings is 2. The highest BCUT2D eigenvalue weighted by molar-refractivity contribution is 6.06. The Kier molecular flexibility index (Phi) is 7.77. The van der Waals surface area contributed by atoms with Crippen LogP contribution < -0.4 is 20.1 Å². The quantitative estimate of drug-likeness (QED) is 0.577. The first kappa shape index (κ1) is 23.6. The molecule has 3 aromatic rings. The second kappa shape index (κ2) is 10.5. The zero-order chi connectivity index (χ0) is 21.8. The van der Waals surface area contributed by atoms with Crippen LogP contribution in [0, 0.1) is 6.92 Å². The van der Waals surface area contributed by atoms with E-state index in [1.54, 1.807) is 38.6 Å². The number of aromatic nitrogens is 2. The van der Waals surface area contributed by atoms with Gasteiger partial charge in [-0.1, -0.05) is 12.1 Å². The average Bonchev–Trinajstić information content (AvgIpc) is 3.25. The van der Waals surface area contributed by atoms with E-state index in [0.717, 1.165) is 42.9 Å². The number of carbonyl (C=O) groups is 1. The lowest BCUT2D eigenvalue weighted by Crippen LogP contribution is -2.29. The van der Waals surface area contributed by atoms with Gasteiger partial charge >= 0.3 is 0 Å². The molecule has 0 saturated carbocycles. The van der Waals surface area contributed by atoms with Crippen LogP contribution in [0.25, 0.3) is 5.69 Å². The van der Waals surface area contributed by atoms with Crippen LogP contribution in [0.1, 0.15) is 40.4 Å². The average molecular weight is 457 g/mol. The van der Waals surface area contributed by atoms with Gasteiger partial charge < -0.3 is 20.1 Å². The molecular weight excluding hydrogens is 428 g/mol. The molecule has 2 N–H and O–H groups in total. The van der Waals surface area contributed by atoms with Crippen molar-refractivity contribution in [3.63, 3.8) is 0 Å². The topological polar surface area (TPSA) is 77.4 Å². The molecule has 170 valence electrons. The Morgan fingerprint density at radius 1 is 1.12 bits per heavy atom. The number of hydrogen-bond donors (Lipinski definition) is 2. The standard InChI is InChI=1S/C24H28N4O3.ClH/c1-16-5-4-6-18(13-16)28-23(17-9-11-25-12-10-17)20(15-26-28)24(29)27-21-8-7-19(30-2)14-22(21)31-3;/h4-8,13-15,17,25H,9-12H2,1-3H3,(H,27,29);1H. The van der Waals surface area contributed by atoms with Gasteiger partial charge in [0.1, 0.15) is 11.5 Å². The predicted octanol–water partition coefficient (Wildman–Crippen LogP) is 4.34. The molecule has 1 aliphatic heterocycles. The highest BCUT2D eigenvalue weighted by Gasteiger charge is 2.27. The van der Waals surface area contributed by atoms with E-state index in [1.807, 2.05) is 16.8 Å². The van der Waals surface area contributed by atoms with Gasteiger partial charge in [0, 0.05) is 12.0 Å². The fourth-order valence-corrected chi connectivity index (χ4v) is 4.08. The lowest BCUT2D eigenvalue weighted by molar-refractivity contribution is 0.102. The third-order valence-corrected chi connectivity index (χ3v) is 5.68. The third kappa shape index (κ3) is 4.89. The largest absolute Gasteiger partial charge is 0.497 e. The molecule has 0 unspecified atom stereocenters. The summed E-state index contributed by atoms with van der Waals surface area (Å²) in [5.41, 5.74) is 4.25. The van der Waals surface area contributed by atoms with Crippen LogP contribution in [-0.4, -0.2) is 43.0 Å². The summed E-state index contributed by atoms with van der Waals surface area (Å²) in [6, 6.07) is 13.5. The Labute approximate surface area is 194 Å². The second-order valence-corrected chi connectivity index (χ2v) is 7.74. The SMILES string of the molecule is COc1ccc(NC(=O)c2cnn(-c3cccc(C)c3)c2C2CCNCC2)c(OC)c1.Cl. The number of nitrogens with zero attached hydrogens (tertiary/aromatic N) is 2. The number of methoxy groups -OCH3 is 2. The molecule has 2 heterocycles. The summed E-state index contributed by atoms with van der Waals surface area (Å²) in [6.07, 6.45) is 3.60. The van der Waals surface area contributed by atoms with Crippen molar-refractivity contribution in [3.8, 4) is 17.2 Å². The first-order valence-corrected chi connectivity index (χ1v) is 10.5. The van der Waals surface area contributed by atoms with Crippen molar-refractivity contribution in [2.75, 3.05) is 32.6 Å². The molecule has 2 aromatic carbocycles. The fourth-order valence-electron chi connectivity index (χ4n) is 4.08. The molecule has 1 aliphatic rings. The normalized spacial score (nSPS) is 13.8. The number of amides is 1. The zero-order valence-corrected chi connectivity index (χ0v) is 19.4. The Bertz CT molecular complexity index is 1080. The van der Waals surface area contributed by atoms with Crippen LogP contribution in [0.2, 0.25) is 0 Å². The first-order chi connectivity index (χ1) is 15.1. The van der Waals surface area contributed by atoms with Crippen molar-refractivity contribution in [1.82, 2.24) is 15.1 Å². The van der Waals surface area contributed by atoms with E-state index < -0.39 is 0 Å². The molecule has 1 saturated heterocycles. The van der Waals surface area contributed by atoms with Crippen LogP contribution >= 0.6 is 12.4 Å². The number of carbonyl (C=O) groups excluding carboxylic acids is 1.